The van der Waals surface area contributed by atoms with Gasteiger partial charge in [-0.15, -0.1) is 0 Å². The van der Waals surface area contributed by atoms with Crippen LogP contribution < -0.4 is 10.1 Å². The molecule has 2 aromatic carbocycles. The molecule has 0 aliphatic carbocycles. The van der Waals surface area contributed by atoms with Gasteiger partial charge in [0.25, 0.3) is 0 Å². The number of nitrogens with zero attached hydrogens (tertiary/aromatic N) is 1. The minimum Gasteiger partial charge on any atom is -0.494 e. The minimum absolute atomic E-state index is 0.0958. The number of rotatable bonds is 11. The van der Waals surface area contributed by atoms with Gasteiger partial charge in [-0.25, -0.2) is 0 Å². The topological polar surface area (TPSA) is 58.6 Å². The molecule has 0 radical (unpaired) electrons. The van der Waals surface area contributed by atoms with E-state index in [4.69, 9.17) is 16.3 Å². The van der Waals surface area contributed by atoms with E-state index in [2.05, 4.69) is 5.32 Å². The summed E-state index contributed by atoms with van der Waals surface area (Å²) in [6.07, 6.45) is 1.70. The molecule has 0 aliphatic rings. The van der Waals surface area contributed by atoms with E-state index in [0.29, 0.717) is 31.0 Å². The number of benzene rings is 2. The van der Waals surface area contributed by atoms with Crippen molar-refractivity contribution in [3.8, 4) is 5.75 Å². The summed E-state index contributed by atoms with van der Waals surface area (Å²) in [5.41, 5.74) is 1.99. The zero-order chi connectivity index (χ0) is 21.9. The molecule has 0 heterocycles. The highest BCUT2D eigenvalue weighted by atomic mass is 35.5. The molecule has 0 saturated heterocycles. The van der Waals surface area contributed by atoms with Crippen molar-refractivity contribution in [3.63, 3.8) is 0 Å². The third kappa shape index (κ3) is 7.38. The van der Waals surface area contributed by atoms with Crippen molar-refractivity contribution in [2.45, 2.75) is 52.6 Å². The van der Waals surface area contributed by atoms with Gasteiger partial charge in [0.15, 0.2) is 0 Å². The maximum absolute atomic E-state index is 13.0. The summed E-state index contributed by atoms with van der Waals surface area (Å²) in [5.74, 6) is 0.531. The van der Waals surface area contributed by atoms with E-state index in [1.54, 1.807) is 17.9 Å². The van der Waals surface area contributed by atoms with Crippen LogP contribution in [0.3, 0.4) is 0 Å². The van der Waals surface area contributed by atoms with Crippen LogP contribution in [0.15, 0.2) is 48.5 Å². The fraction of sp³-hybridized carbons (Fsp3) is 0.417. The van der Waals surface area contributed by atoms with Gasteiger partial charge >= 0.3 is 0 Å². The van der Waals surface area contributed by atoms with Crippen molar-refractivity contribution in [3.05, 3.63) is 64.7 Å². The number of hydrogen-bond donors (Lipinski definition) is 1. The predicted octanol–water partition coefficient (Wildman–Crippen LogP) is 4.75. The number of ether oxygens (including phenoxy) is 1. The first kappa shape index (κ1) is 23.7. The standard InChI is InChI=1S/C24H31ClN2O3/c1-4-15-26-24(29)19(3)27(17-20-8-5-6-9-22(20)25)23(28)10-7-16-30-21-13-11-18(2)12-14-21/h5-6,8-9,11-14,19H,4,7,10,15-17H2,1-3H3,(H,26,29)/t19-/m0/s1. The van der Waals surface area contributed by atoms with Gasteiger partial charge in [-0.05, 0) is 50.5 Å². The third-order valence-corrected chi connectivity index (χ3v) is 5.21. The van der Waals surface area contributed by atoms with E-state index in [-0.39, 0.29) is 18.4 Å². The van der Waals surface area contributed by atoms with Crippen molar-refractivity contribution in [2.24, 2.45) is 0 Å². The van der Waals surface area contributed by atoms with Crippen molar-refractivity contribution < 1.29 is 14.3 Å². The number of carbonyl (C=O) groups excluding carboxylic acids is 2. The Balaban J connectivity index is 1.98. The van der Waals surface area contributed by atoms with Crippen LogP contribution in [-0.2, 0) is 16.1 Å². The second-order valence-corrected chi connectivity index (χ2v) is 7.75. The first-order chi connectivity index (χ1) is 14.4. The van der Waals surface area contributed by atoms with Crippen LogP contribution in [0, 0.1) is 6.92 Å². The molecule has 2 rings (SSSR count). The number of hydrogen-bond acceptors (Lipinski definition) is 3. The van der Waals surface area contributed by atoms with Gasteiger partial charge in [-0.2, -0.15) is 0 Å². The molecular weight excluding hydrogens is 400 g/mol. The van der Waals surface area contributed by atoms with Crippen LogP contribution in [0.4, 0.5) is 0 Å². The fourth-order valence-corrected chi connectivity index (χ4v) is 3.18. The molecule has 5 nitrogen and oxygen atoms in total. The van der Waals surface area contributed by atoms with E-state index < -0.39 is 6.04 Å². The Morgan fingerprint density at radius 3 is 2.50 bits per heavy atom. The van der Waals surface area contributed by atoms with Crippen molar-refractivity contribution in [1.82, 2.24) is 10.2 Å². The molecule has 0 saturated carbocycles. The molecular formula is C24H31ClN2O3. The minimum atomic E-state index is -0.585. The number of amides is 2. The summed E-state index contributed by atoms with van der Waals surface area (Å²) in [7, 11) is 0. The van der Waals surface area contributed by atoms with Crippen LogP contribution >= 0.6 is 11.6 Å². The van der Waals surface area contributed by atoms with Gasteiger partial charge in [-0.1, -0.05) is 54.4 Å². The Morgan fingerprint density at radius 1 is 1.13 bits per heavy atom. The molecule has 162 valence electrons. The van der Waals surface area contributed by atoms with E-state index in [0.717, 1.165) is 17.7 Å². The van der Waals surface area contributed by atoms with Crippen LogP contribution in [0.25, 0.3) is 0 Å². The molecule has 0 aliphatic heterocycles. The van der Waals surface area contributed by atoms with E-state index in [1.807, 2.05) is 56.3 Å². The van der Waals surface area contributed by atoms with E-state index in [1.165, 1.54) is 5.56 Å². The molecule has 30 heavy (non-hydrogen) atoms. The Labute approximate surface area is 184 Å². The smallest absolute Gasteiger partial charge is 0.242 e. The maximum atomic E-state index is 13.0. The van der Waals surface area contributed by atoms with Crippen LogP contribution in [0.2, 0.25) is 5.02 Å². The number of nitrogens with one attached hydrogen (secondary N) is 1. The van der Waals surface area contributed by atoms with Gasteiger partial charge in [0, 0.05) is 24.5 Å². The highest BCUT2D eigenvalue weighted by Gasteiger charge is 2.26. The molecule has 1 N–H and O–H groups in total. The van der Waals surface area contributed by atoms with Gasteiger partial charge < -0.3 is 15.0 Å². The molecule has 2 aromatic rings. The SMILES string of the molecule is CCCNC(=O)[C@H](C)N(Cc1ccccc1Cl)C(=O)CCCOc1ccc(C)cc1. The molecule has 0 aromatic heterocycles. The number of aryl methyl sites for hydroxylation is 1. The highest BCUT2D eigenvalue weighted by Crippen LogP contribution is 2.19. The third-order valence-electron chi connectivity index (χ3n) is 4.84. The lowest BCUT2D eigenvalue weighted by Gasteiger charge is -2.29. The largest absolute Gasteiger partial charge is 0.494 e. The summed E-state index contributed by atoms with van der Waals surface area (Å²) >= 11 is 6.29. The summed E-state index contributed by atoms with van der Waals surface area (Å²) in [4.78, 5) is 27.1. The molecule has 0 bridgehead atoms. The number of halogens is 1. The predicted molar refractivity (Wildman–Crippen MR) is 121 cm³/mol. The normalized spacial score (nSPS) is 11.6. The van der Waals surface area contributed by atoms with Crippen molar-refractivity contribution in [1.29, 1.82) is 0 Å². The van der Waals surface area contributed by atoms with Crippen molar-refractivity contribution >= 4 is 23.4 Å². The number of carbonyl (C=O) groups is 2. The lowest BCUT2D eigenvalue weighted by Crippen LogP contribution is -2.47. The molecule has 1 atom stereocenters. The first-order valence-electron chi connectivity index (χ1n) is 10.4. The van der Waals surface area contributed by atoms with Crippen LogP contribution in [0.1, 0.15) is 44.2 Å². The first-order valence-corrected chi connectivity index (χ1v) is 10.8. The quantitative estimate of drug-likeness (QED) is 0.523. The van der Waals surface area contributed by atoms with Gasteiger partial charge in [0.1, 0.15) is 11.8 Å². The Kier molecular flexibility index (Phi) is 9.68. The van der Waals surface area contributed by atoms with E-state index >= 15 is 0 Å². The average molecular weight is 431 g/mol. The average Bonchev–Trinajstić information content (AvgIpc) is 2.75. The van der Waals surface area contributed by atoms with Crippen LogP contribution in [-0.4, -0.2) is 35.9 Å². The van der Waals surface area contributed by atoms with Crippen molar-refractivity contribution in [2.75, 3.05) is 13.2 Å². The maximum Gasteiger partial charge on any atom is 0.242 e. The second kappa shape index (κ2) is 12.2. The monoisotopic (exact) mass is 430 g/mol. The lowest BCUT2D eigenvalue weighted by atomic mass is 10.1. The Morgan fingerprint density at radius 2 is 1.83 bits per heavy atom. The summed E-state index contributed by atoms with van der Waals surface area (Å²) in [6.45, 7) is 7.08. The molecule has 0 fully saturated rings. The summed E-state index contributed by atoms with van der Waals surface area (Å²) in [6, 6.07) is 14.6. The second-order valence-electron chi connectivity index (χ2n) is 7.35. The molecule has 0 spiro atoms. The van der Waals surface area contributed by atoms with Gasteiger partial charge in [-0.3, -0.25) is 9.59 Å². The zero-order valence-electron chi connectivity index (χ0n) is 18.0. The Bertz CT molecular complexity index is 823. The summed E-state index contributed by atoms with van der Waals surface area (Å²) < 4.78 is 5.72. The lowest BCUT2D eigenvalue weighted by molar-refractivity contribution is -0.140. The highest BCUT2D eigenvalue weighted by molar-refractivity contribution is 6.31. The Hall–Kier alpha value is -2.53. The van der Waals surface area contributed by atoms with E-state index in [9.17, 15) is 9.59 Å². The molecule has 6 heteroatoms. The molecule has 2 amide bonds. The van der Waals surface area contributed by atoms with Gasteiger partial charge in [0.05, 0.1) is 6.61 Å². The fourth-order valence-electron chi connectivity index (χ4n) is 2.98. The molecule has 0 unspecified atom stereocenters. The van der Waals surface area contributed by atoms with Crippen LogP contribution in [0.5, 0.6) is 5.75 Å². The summed E-state index contributed by atoms with van der Waals surface area (Å²) in [5, 5.41) is 3.45. The van der Waals surface area contributed by atoms with Gasteiger partial charge in [0.2, 0.25) is 11.8 Å². The zero-order valence-corrected chi connectivity index (χ0v) is 18.7.